The zero-order chi connectivity index (χ0) is 19.4. The van der Waals surface area contributed by atoms with Gasteiger partial charge in [0.2, 0.25) is 0 Å². The Labute approximate surface area is 153 Å². The third kappa shape index (κ3) is 8.62. The maximum absolute atomic E-state index is 13.1. The van der Waals surface area contributed by atoms with Gasteiger partial charge < -0.3 is 14.7 Å². The largest absolute Gasteiger partial charge is 0.484 e. The van der Waals surface area contributed by atoms with Gasteiger partial charge in [0.1, 0.15) is 11.6 Å². The molecule has 1 aromatic rings. The normalized spacial score (nSPS) is 14.5. The van der Waals surface area contributed by atoms with Crippen molar-refractivity contribution in [3.8, 4) is 5.75 Å². The highest BCUT2D eigenvalue weighted by atomic mass is 19.1. The maximum atomic E-state index is 13.1. The fourth-order valence-corrected chi connectivity index (χ4v) is 2.51. The van der Waals surface area contributed by atoms with Gasteiger partial charge in [-0.2, -0.15) is 0 Å². The molecular formula is C19H27FN2O4. The Bertz CT molecular complexity index is 603. The van der Waals surface area contributed by atoms with Gasteiger partial charge in [-0.3, -0.25) is 14.5 Å². The van der Waals surface area contributed by atoms with Crippen LogP contribution in [0.1, 0.15) is 20.3 Å². The summed E-state index contributed by atoms with van der Waals surface area (Å²) >= 11 is 0. The molecule has 1 aliphatic heterocycles. The number of benzene rings is 1. The minimum atomic E-state index is -0.361. The van der Waals surface area contributed by atoms with Crippen molar-refractivity contribution in [1.29, 1.82) is 0 Å². The lowest BCUT2D eigenvalue weighted by molar-refractivity contribution is -0.133. The second-order valence-electron chi connectivity index (χ2n) is 6.17. The van der Waals surface area contributed by atoms with Crippen LogP contribution < -0.4 is 4.74 Å². The van der Waals surface area contributed by atoms with E-state index in [0.29, 0.717) is 12.3 Å². The molecule has 0 spiro atoms. The number of amides is 1. The van der Waals surface area contributed by atoms with Gasteiger partial charge in [-0.1, -0.05) is 17.7 Å². The molecular weight excluding hydrogens is 339 g/mol. The molecule has 0 unspecified atom stereocenters. The van der Waals surface area contributed by atoms with E-state index in [0.717, 1.165) is 32.6 Å². The standard InChI is InChI=1S/C18H25FN2O2.CH2O2/c1-15(2)7-10-20-8-4-9-21(12-11-20)18(22)14-23-17-6-3-5-16(19)13-17;2-1-3/h3,5-7,13H,4,8-12,14H2,1-2H3;1H,(H,2,3). The van der Waals surface area contributed by atoms with E-state index in [1.165, 1.54) is 17.7 Å². The summed E-state index contributed by atoms with van der Waals surface area (Å²) in [6, 6.07) is 5.86. The van der Waals surface area contributed by atoms with Crippen molar-refractivity contribution in [2.24, 2.45) is 0 Å². The number of carbonyl (C=O) groups is 2. The second kappa shape index (κ2) is 12.0. The zero-order valence-corrected chi connectivity index (χ0v) is 15.4. The molecule has 0 bridgehead atoms. The Morgan fingerprint density at radius 1 is 1.27 bits per heavy atom. The predicted molar refractivity (Wildman–Crippen MR) is 97.7 cm³/mol. The SMILES string of the molecule is CC(C)=CCN1CCCN(C(=O)COc2cccc(F)c2)CC1.O=CO. The lowest BCUT2D eigenvalue weighted by Gasteiger charge is -2.21. The molecule has 1 N–H and O–H groups in total. The van der Waals surface area contributed by atoms with Crippen molar-refractivity contribution in [3.05, 3.63) is 41.7 Å². The van der Waals surface area contributed by atoms with Crippen LogP contribution in [0.25, 0.3) is 0 Å². The van der Waals surface area contributed by atoms with Crippen LogP contribution in [-0.2, 0) is 9.59 Å². The molecule has 0 saturated carbocycles. The molecule has 2 rings (SSSR count). The average Bonchev–Trinajstić information content (AvgIpc) is 2.84. The summed E-state index contributed by atoms with van der Waals surface area (Å²) in [7, 11) is 0. The number of hydrogen-bond donors (Lipinski definition) is 1. The summed E-state index contributed by atoms with van der Waals surface area (Å²) in [6.45, 7) is 8.16. The van der Waals surface area contributed by atoms with Gasteiger partial charge in [-0.05, 0) is 32.4 Å². The Morgan fingerprint density at radius 2 is 2.00 bits per heavy atom. The maximum Gasteiger partial charge on any atom is 0.290 e. The van der Waals surface area contributed by atoms with Crippen LogP contribution in [0.15, 0.2) is 35.9 Å². The number of rotatable bonds is 5. The van der Waals surface area contributed by atoms with E-state index in [1.54, 1.807) is 12.1 Å². The molecule has 1 aromatic carbocycles. The summed E-state index contributed by atoms with van der Waals surface area (Å²) in [6.07, 6.45) is 3.17. The zero-order valence-electron chi connectivity index (χ0n) is 15.4. The van der Waals surface area contributed by atoms with E-state index in [2.05, 4.69) is 24.8 Å². The summed E-state index contributed by atoms with van der Waals surface area (Å²) in [5, 5.41) is 6.89. The molecule has 0 atom stereocenters. The third-order valence-electron chi connectivity index (χ3n) is 3.86. The first-order chi connectivity index (χ1) is 12.5. The number of ether oxygens (including phenoxy) is 1. The molecule has 144 valence electrons. The fraction of sp³-hybridized carbons (Fsp3) is 0.474. The Hall–Kier alpha value is -2.41. The first-order valence-corrected chi connectivity index (χ1v) is 8.56. The lowest BCUT2D eigenvalue weighted by Crippen LogP contribution is -2.38. The molecule has 26 heavy (non-hydrogen) atoms. The topological polar surface area (TPSA) is 70.1 Å². The average molecular weight is 366 g/mol. The number of hydrogen-bond acceptors (Lipinski definition) is 4. The fourth-order valence-electron chi connectivity index (χ4n) is 2.51. The van der Waals surface area contributed by atoms with Gasteiger partial charge in [0, 0.05) is 38.8 Å². The summed E-state index contributed by atoms with van der Waals surface area (Å²) < 4.78 is 18.5. The van der Waals surface area contributed by atoms with E-state index in [4.69, 9.17) is 14.6 Å². The molecule has 1 saturated heterocycles. The first-order valence-electron chi connectivity index (χ1n) is 8.56. The summed E-state index contributed by atoms with van der Waals surface area (Å²) in [5.74, 6) is -0.0173. The highest BCUT2D eigenvalue weighted by Gasteiger charge is 2.19. The molecule has 0 radical (unpaired) electrons. The van der Waals surface area contributed by atoms with Crippen LogP contribution in [-0.4, -0.2) is 66.6 Å². The quantitative estimate of drug-likeness (QED) is 0.640. The van der Waals surface area contributed by atoms with E-state index < -0.39 is 0 Å². The van der Waals surface area contributed by atoms with Crippen LogP contribution in [0.2, 0.25) is 0 Å². The highest BCUT2D eigenvalue weighted by molar-refractivity contribution is 5.77. The minimum Gasteiger partial charge on any atom is -0.484 e. The van der Waals surface area contributed by atoms with Gasteiger partial charge in [0.15, 0.2) is 6.61 Å². The summed E-state index contributed by atoms with van der Waals surface area (Å²) in [5.41, 5.74) is 1.31. The van der Waals surface area contributed by atoms with Gasteiger partial charge in [0.05, 0.1) is 0 Å². The Balaban J connectivity index is 0.00000105. The van der Waals surface area contributed by atoms with Crippen LogP contribution in [0.3, 0.4) is 0 Å². The van der Waals surface area contributed by atoms with Crippen molar-refractivity contribution in [2.45, 2.75) is 20.3 Å². The minimum absolute atomic E-state index is 0.0432. The smallest absolute Gasteiger partial charge is 0.290 e. The van der Waals surface area contributed by atoms with Gasteiger partial charge in [-0.25, -0.2) is 4.39 Å². The van der Waals surface area contributed by atoms with E-state index in [9.17, 15) is 9.18 Å². The highest BCUT2D eigenvalue weighted by Crippen LogP contribution is 2.12. The van der Waals surface area contributed by atoms with Crippen LogP contribution in [0, 0.1) is 5.82 Å². The van der Waals surface area contributed by atoms with Crippen molar-refractivity contribution in [2.75, 3.05) is 39.3 Å². The first kappa shape index (κ1) is 21.6. The van der Waals surface area contributed by atoms with Crippen molar-refractivity contribution >= 4 is 12.4 Å². The molecule has 0 aliphatic carbocycles. The van der Waals surface area contributed by atoms with Crippen molar-refractivity contribution < 1.29 is 23.8 Å². The number of carboxylic acid groups (broad SMARTS) is 1. The molecule has 6 nitrogen and oxygen atoms in total. The molecule has 7 heteroatoms. The molecule has 1 amide bonds. The monoisotopic (exact) mass is 366 g/mol. The lowest BCUT2D eigenvalue weighted by atomic mass is 10.3. The Kier molecular flexibility index (Phi) is 10.0. The number of halogens is 1. The van der Waals surface area contributed by atoms with Crippen molar-refractivity contribution in [1.82, 2.24) is 9.80 Å². The summed E-state index contributed by atoms with van der Waals surface area (Å²) in [4.78, 5) is 24.8. The predicted octanol–water partition coefficient (Wildman–Crippen LogP) is 2.41. The molecule has 1 aliphatic rings. The van der Waals surface area contributed by atoms with Gasteiger partial charge in [0.25, 0.3) is 12.4 Å². The van der Waals surface area contributed by atoms with Gasteiger partial charge >= 0.3 is 0 Å². The third-order valence-corrected chi connectivity index (χ3v) is 3.86. The van der Waals surface area contributed by atoms with Crippen LogP contribution in [0.4, 0.5) is 4.39 Å². The van der Waals surface area contributed by atoms with E-state index in [1.807, 2.05) is 4.90 Å². The number of carbonyl (C=O) groups excluding carboxylic acids is 1. The molecule has 0 aromatic heterocycles. The van der Waals surface area contributed by atoms with E-state index >= 15 is 0 Å². The van der Waals surface area contributed by atoms with E-state index in [-0.39, 0.29) is 24.8 Å². The second-order valence-corrected chi connectivity index (χ2v) is 6.17. The van der Waals surface area contributed by atoms with Gasteiger partial charge in [-0.15, -0.1) is 0 Å². The molecule has 1 heterocycles. The Morgan fingerprint density at radius 3 is 2.65 bits per heavy atom. The van der Waals surface area contributed by atoms with Crippen molar-refractivity contribution in [3.63, 3.8) is 0 Å². The number of allylic oxidation sites excluding steroid dienone is 1. The molecule has 1 fully saturated rings. The number of nitrogens with zero attached hydrogens (tertiary/aromatic N) is 2. The van der Waals surface area contributed by atoms with Crippen LogP contribution in [0.5, 0.6) is 5.75 Å². The van der Waals surface area contributed by atoms with Crippen LogP contribution >= 0.6 is 0 Å².